The summed E-state index contributed by atoms with van der Waals surface area (Å²) >= 11 is 0. The Balaban J connectivity index is 1.83. The van der Waals surface area contributed by atoms with Crippen molar-refractivity contribution in [2.75, 3.05) is 6.61 Å². The first-order chi connectivity index (χ1) is 9.67. The van der Waals surface area contributed by atoms with Crippen LogP contribution in [0, 0.1) is 0 Å². The Morgan fingerprint density at radius 1 is 1.35 bits per heavy atom. The first kappa shape index (κ1) is 14.8. The van der Waals surface area contributed by atoms with Crippen LogP contribution in [-0.2, 0) is 20.9 Å². The van der Waals surface area contributed by atoms with E-state index in [0.717, 1.165) is 24.8 Å². The zero-order valence-corrected chi connectivity index (χ0v) is 11.6. The van der Waals surface area contributed by atoms with Crippen molar-refractivity contribution in [3.63, 3.8) is 0 Å². The SMILES string of the molecule is CC(=O)OCC1CCC[C@H](Oc2ccc(CO)cc2)O1. The average Bonchev–Trinajstić information content (AvgIpc) is 2.46. The number of hydrogen-bond acceptors (Lipinski definition) is 5. The molecule has 5 heteroatoms. The molecule has 0 radical (unpaired) electrons. The van der Waals surface area contributed by atoms with Gasteiger partial charge in [-0.2, -0.15) is 0 Å². The molecule has 1 saturated heterocycles. The zero-order valence-electron chi connectivity index (χ0n) is 11.6. The van der Waals surface area contributed by atoms with E-state index in [9.17, 15) is 4.79 Å². The van der Waals surface area contributed by atoms with E-state index in [1.165, 1.54) is 6.92 Å². The highest BCUT2D eigenvalue weighted by atomic mass is 16.7. The van der Waals surface area contributed by atoms with Crippen molar-refractivity contribution in [2.45, 2.75) is 45.2 Å². The molecule has 0 amide bonds. The second-order valence-electron chi connectivity index (χ2n) is 4.84. The molecule has 110 valence electrons. The Morgan fingerprint density at radius 2 is 2.10 bits per heavy atom. The normalized spacial score (nSPS) is 22.3. The first-order valence-corrected chi connectivity index (χ1v) is 6.82. The lowest BCUT2D eigenvalue weighted by atomic mass is 10.1. The van der Waals surface area contributed by atoms with Gasteiger partial charge in [-0.25, -0.2) is 0 Å². The molecule has 0 bridgehead atoms. The quantitative estimate of drug-likeness (QED) is 0.836. The van der Waals surface area contributed by atoms with Crippen molar-refractivity contribution >= 4 is 5.97 Å². The van der Waals surface area contributed by atoms with Crippen molar-refractivity contribution in [3.05, 3.63) is 29.8 Å². The maximum Gasteiger partial charge on any atom is 0.302 e. The van der Waals surface area contributed by atoms with Crippen LogP contribution in [-0.4, -0.2) is 30.1 Å². The number of aliphatic hydroxyl groups excluding tert-OH is 1. The number of carbonyl (C=O) groups is 1. The molecule has 1 aliphatic rings. The van der Waals surface area contributed by atoms with Crippen molar-refractivity contribution in [3.8, 4) is 5.75 Å². The van der Waals surface area contributed by atoms with E-state index in [-0.39, 0.29) is 31.6 Å². The van der Waals surface area contributed by atoms with Crippen LogP contribution in [0.4, 0.5) is 0 Å². The molecule has 5 nitrogen and oxygen atoms in total. The highest BCUT2D eigenvalue weighted by Crippen LogP contribution is 2.23. The van der Waals surface area contributed by atoms with E-state index in [1.807, 2.05) is 24.3 Å². The Kier molecular flexibility index (Phi) is 5.38. The van der Waals surface area contributed by atoms with Gasteiger partial charge in [-0.3, -0.25) is 4.79 Å². The second kappa shape index (κ2) is 7.26. The highest BCUT2D eigenvalue weighted by Gasteiger charge is 2.24. The summed E-state index contributed by atoms with van der Waals surface area (Å²) < 4.78 is 16.5. The molecule has 2 atom stereocenters. The van der Waals surface area contributed by atoms with Crippen LogP contribution in [0.2, 0.25) is 0 Å². The fraction of sp³-hybridized carbons (Fsp3) is 0.533. The van der Waals surface area contributed by atoms with E-state index in [1.54, 1.807) is 0 Å². The van der Waals surface area contributed by atoms with Crippen molar-refractivity contribution in [1.82, 2.24) is 0 Å². The predicted molar refractivity (Wildman–Crippen MR) is 72.1 cm³/mol. The Morgan fingerprint density at radius 3 is 2.75 bits per heavy atom. The van der Waals surface area contributed by atoms with Gasteiger partial charge in [0.05, 0.1) is 12.7 Å². The Bertz CT molecular complexity index is 428. The standard InChI is InChI=1S/C15H20O5/c1-11(17)18-10-14-3-2-4-15(20-14)19-13-7-5-12(9-16)6-8-13/h5-8,14-16H,2-4,9-10H2,1H3/t14?,15-/m1/s1. The number of rotatable bonds is 5. The number of aliphatic hydroxyl groups is 1. The minimum atomic E-state index is -0.315. The van der Waals surface area contributed by atoms with Gasteiger partial charge in [-0.15, -0.1) is 0 Å². The van der Waals surface area contributed by atoms with Crippen LogP contribution in [0.1, 0.15) is 31.7 Å². The van der Waals surface area contributed by atoms with Gasteiger partial charge in [0.25, 0.3) is 0 Å². The molecule has 20 heavy (non-hydrogen) atoms. The summed E-state index contributed by atoms with van der Waals surface area (Å²) in [6, 6.07) is 7.25. The van der Waals surface area contributed by atoms with Crippen LogP contribution in [0.15, 0.2) is 24.3 Å². The van der Waals surface area contributed by atoms with Crippen molar-refractivity contribution < 1.29 is 24.1 Å². The van der Waals surface area contributed by atoms with Crippen LogP contribution in [0.3, 0.4) is 0 Å². The van der Waals surface area contributed by atoms with Gasteiger partial charge in [0.1, 0.15) is 12.4 Å². The third-order valence-electron chi connectivity index (χ3n) is 3.16. The number of benzene rings is 1. The number of carbonyl (C=O) groups excluding carboxylic acids is 1. The third-order valence-corrected chi connectivity index (χ3v) is 3.16. The highest BCUT2D eigenvalue weighted by molar-refractivity contribution is 5.65. The molecule has 1 aromatic carbocycles. The van der Waals surface area contributed by atoms with Crippen molar-refractivity contribution in [1.29, 1.82) is 0 Å². The Labute approximate surface area is 118 Å². The molecular weight excluding hydrogens is 260 g/mol. The summed E-state index contributed by atoms with van der Waals surface area (Å²) in [6.45, 7) is 1.68. The van der Waals surface area contributed by atoms with Gasteiger partial charge in [0, 0.05) is 13.3 Å². The summed E-state index contributed by atoms with van der Waals surface area (Å²) in [4.78, 5) is 10.8. The lowest BCUT2D eigenvalue weighted by Gasteiger charge is -2.29. The molecule has 0 aromatic heterocycles. The molecule has 0 spiro atoms. The first-order valence-electron chi connectivity index (χ1n) is 6.82. The lowest BCUT2D eigenvalue weighted by Crippen LogP contribution is -2.34. The summed E-state index contributed by atoms with van der Waals surface area (Å²) in [7, 11) is 0. The predicted octanol–water partition coefficient (Wildman–Crippen LogP) is 2.02. The van der Waals surface area contributed by atoms with E-state index in [4.69, 9.17) is 19.3 Å². The van der Waals surface area contributed by atoms with E-state index in [2.05, 4.69) is 0 Å². The van der Waals surface area contributed by atoms with Crippen LogP contribution >= 0.6 is 0 Å². The lowest BCUT2D eigenvalue weighted by molar-refractivity contribution is -0.172. The molecule has 0 saturated carbocycles. The van der Waals surface area contributed by atoms with Gasteiger partial charge >= 0.3 is 5.97 Å². The summed E-state index contributed by atoms with van der Waals surface area (Å²) in [6.07, 6.45) is 2.25. The maximum absolute atomic E-state index is 10.8. The molecule has 0 aliphatic carbocycles. The molecule has 1 heterocycles. The smallest absolute Gasteiger partial charge is 0.302 e. The van der Waals surface area contributed by atoms with Crippen LogP contribution in [0.5, 0.6) is 5.75 Å². The van der Waals surface area contributed by atoms with Gasteiger partial charge in [0.2, 0.25) is 0 Å². The van der Waals surface area contributed by atoms with Gasteiger partial charge in [0.15, 0.2) is 6.29 Å². The molecule has 1 N–H and O–H groups in total. The zero-order chi connectivity index (χ0) is 14.4. The van der Waals surface area contributed by atoms with Crippen LogP contribution < -0.4 is 4.74 Å². The fourth-order valence-corrected chi connectivity index (χ4v) is 2.11. The summed E-state index contributed by atoms with van der Waals surface area (Å²) in [5.41, 5.74) is 0.842. The van der Waals surface area contributed by atoms with Gasteiger partial charge < -0.3 is 19.3 Å². The average molecular weight is 280 g/mol. The van der Waals surface area contributed by atoms with E-state index >= 15 is 0 Å². The minimum Gasteiger partial charge on any atom is -0.465 e. The van der Waals surface area contributed by atoms with Crippen LogP contribution in [0.25, 0.3) is 0 Å². The number of esters is 1. The Hall–Kier alpha value is -1.59. The second-order valence-corrected chi connectivity index (χ2v) is 4.84. The largest absolute Gasteiger partial charge is 0.465 e. The summed E-state index contributed by atoms with van der Waals surface area (Å²) in [5.74, 6) is 0.413. The minimum absolute atomic E-state index is 0.0185. The van der Waals surface area contributed by atoms with Gasteiger partial charge in [-0.05, 0) is 30.5 Å². The molecule has 2 rings (SSSR count). The molecule has 1 aromatic rings. The van der Waals surface area contributed by atoms with Gasteiger partial charge in [-0.1, -0.05) is 12.1 Å². The molecular formula is C15H20O5. The third kappa shape index (κ3) is 4.51. The maximum atomic E-state index is 10.8. The van der Waals surface area contributed by atoms with E-state index < -0.39 is 0 Å². The molecule has 1 fully saturated rings. The van der Waals surface area contributed by atoms with Crippen molar-refractivity contribution in [2.24, 2.45) is 0 Å². The van der Waals surface area contributed by atoms with E-state index in [0.29, 0.717) is 5.75 Å². The molecule has 1 aliphatic heterocycles. The monoisotopic (exact) mass is 280 g/mol. The fourth-order valence-electron chi connectivity index (χ4n) is 2.11. The summed E-state index contributed by atoms with van der Waals surface area (Å²) in [5, 5.41) is 8.98. The molecule has 1 unspecified atom stereocenters. The topological polar surface area (TPSA) is 65.0 Å². The number of hydrogen-bond donors (Lipinski definition) is 1. The number of ether oxygens (including phenoxy) is 3.